The van der Waals surface area contributed by atoms with Gasteiger partial charge in [-0.15, -0.1) is 12.8 Å². The predicted octanol–water partition coefficient (Wildman–Crippen LogP) is 3.31. The molecule has 0 amide bonds. The number of terminal acetylenes is 1. The Morgan fingerprint density at radius 3 is 0.700 bits per heavy atom. The first-order valence-electron chi connectivity index (χ1n) is 1.64. The van der Waals surface area contributed by atoms with Crippen molar-refractivity contribution in [1.82, 2.24) is 0 Å². The van der Waals surface area contributed by atoms with Crippen LogP contribution in [0.25, 0.3) is 0 Å². The van der Waals surface area contributed by atoms with Crippen molar-refractivity contribution in [3.05, 3.63) is 0 Å². The molecule has 0 spiro atoms. The van der Waals surface area contributed by atoms with Crippen LogP contribution in [-0.4, -0.2) is 34.8 Å². The first kappa shape index (κ1) is 223. The Balaban J connectivity index is -0.00000000113. The summed E-state index contributed by atoms with van der Waals surface area (Å²) in [5, 5.41) is 6.89. The molecule has 5 N–H and O–H groups in total. The number of carbonyl (C=O) groups excluding carboxylic acids is 4. The summed E-state index contributed by atoms with van der Waals surface area (Å²) >= 11 is 0. The molecule has 20 heavy (non-hydrogen) atoms. The van der Waals surface area contributed by atoms with E-state index >= 15 is 0 Å². The summed E-state index contributed by atoms with van der Waals surface area (Å²) in [6.07, 6.45) is 8.50. The molecule has 0 aromatic heterocycles. The van der Waals surface area contributed by atoms with Gasteiger partial charge in [0.15, 0.2) is 0 Å². The molecule has 8 nitrogen and oxygen atoms in total. The fourth-order valence-electron chi connectivity index (χ4n) is 0. The lowest BCUT2D eigenvalue weighted by Crippen LogP contribution is -1.49. The largest absolute Gasteiger partial charge is 0.483 e. The molecule has 0 heterocycles. The summed E-state index contributed by atoms with van der Waals surface area (Å²) in [6, 6.07) is 0. The van der Waals surface area contributed by atoms with Crippen LogP contribution in [0, 0.1) is 12.8 Å². The number of carbonyl (C=O) groups is 1. The summed E-state index contributed by atoms with van der Waals surface area (Å²) in [4.78, 5) is 40.9. The van der Waals surface area contributed by atoms with Crippen LogP contribution >= 0.6 is 0 Å². The van der Waals surface area contributed by atoms with Crippen molar-refractivity contribution >= 4 is 18.8 Å². The zero-order chi connectivity index (χ0) is 10.1. The van der Waals surface area contributed by atoms with Crippen molar-refractivity contribution in [3.8, 4) is 12.8 Å². The fraction of sp³-hybridized carbons (Fsp3) is 0.583. The van der Waals surface area contributed by atoms with E-state index in [2.05, 4.69) is 12.8 Å². The Morgan fingerprint density at radius 1 is 0.700 bits per heavy atom. The summed E-state index contributed by atoms with van der Waals surface area (Å²) in [5.74, 6) is 0. The van der Waals surface area contributed by atoms with Crippen molar-refractivity contribution in [2.24, 2.45) is 0 Å². The number of hydrogen-bond donors (Lipinski definition) is 1. The van der Waals surface area contributed by atoms with Crippen LogP contribution in [0.5, 0.6) is 0 Å². The lowest BCUT2D eigenvalue weighted by molar-refractivity contribution is -0.193. The second-order valence-electron chi connectivity index (χ2n) is 0.272. The third-order valence-electron chi connectivity index (χ3n) is 0. The van der Waals surface area contributed by atoms with E-state index < -0.39 is 0 Å². The van der Waals surface area contributed by atoms with Gasteiger partial charge in [0.25, 0.3) is 6.47 Å². The summed E-state index contributed by atoms with van der Waals surface area (Å²) in [7, 11) is 0. The zero-order valence-corrected chi connectivity index (χ0v) is 6.22. The minimum atomic E-state index is -0.250. The van der Waals surface area contributed by atoms with E-state index in [1.165, 1.54) is 0 Å². The lowest BCUT2D eigenvalue weighted by Gasteiger charge is -1.34. The lowest BCUT2D eigenvalue weighted by atomic mass is 11.4. The normalized spacial score (nSPS) is 1.50. The summed E-state index contributed by atoms with van der Waals surface area (Å²) in [5.41, 5.74) is 0. The van der Waals surface area contributed by atoms with Gasteiger partial charge in [0.1, 0.15) is 0 Å². The van der Waals surface area contributed by atoms with E-state index in [1.54, 1.807) is 0 Å². The molecule has 0 rings (SSSR count). The number of hydrogen-bond acceptors (Lipinski definition) is 5. The summed E-state index contributed by atoms with van der Waals surface area (Å²) < 4.78 is 0. The van der Waals surface area contributed by atoms with Crippen LogP contribution in [0.15, 0.2) is 0 Å². The molecule has 0 aliphatic heterocycles. The average molecular weight is 323 g/mol. The van der Waals surface area contributed by atoms with Gasteiger partial charge in [0.05, 0.1) is 0 Å². The van der Waals surface area contributed by atoms with Crippen molar-refractivity contribution in [2.75, 3.05) is 0 Å². The van der Waals surface area contributed by atoms with Gasteiger partial charge in [-0.1, -0.05) is 52.0 Å². The van der Waals surface area contributed by atoms with E-state index in [1.807, 2.05) is 0 Å². The van der Waals surface area contributed by atoms with Crippen LogP contribution in [0.4, 0.5) is 0 Å². The van der Waals surface area contributed by atoms with Gasteiger partial charge in [-0.2, -0.15) is 19.2 Å². The van der Waals surface area contributed by atoms with E-state index in [0.29, 0.717) is 0 Å². The highest BCUT2D eigenvalue weighted by atomic mass is 16.3. The molecule has 146 valence electrons. The SMILES string of the molecule is C.C.C.C.C.C.C.C#C.O.O.O=C=O.O=C=O.O=CO.[HH].[HH].[HH].[HH].[HH].[HH].[HH]. The molecule has 0 aliphatic carbocycles. The molecule has 0 fully saturated rings. The van der Waals surface area contributed by atoms with Crippen LogP contribution in [0.2, 0.25) is 0 Å². The Labute approximate surface area is 135 Å². The van der Waals surface area contributed by atoms with E-state index in [-0.39, 0.29) is 91.7 Å². The Bertz CT molecular complexity index is 153. The van der Waals surface area contributed by atoms with Gasteiger partial charge < -0.3 is 16.1 Å². The van der Waals surface area contributed by atoms with Crippen molar-refractivity contribution in [3.63, 3.8) is 0 Å². The first-order chi connectivity index (χ1) is 5.24. The quantitative estimate of drug-likeness (QED) is 0.529. The van der Waals surface area contributed by atoms with E-state index in [4.69, 9.17) is 29.1 Å². The van der Waals surface area contributed by atoms with E-state index in [9.17, 15) is 0 Å². The van der Waals surface area contributed by atoms with Crippen molar-refractivity contribution in [1.29, 1.82) is 0 Å². The van der Waals surface area contributed by atoms with E-state index in [0.717, 1.165) is 0 Å². The zero-order valence-electron chi connectivity index (χ0n) is 6.22. The first-order valence-corrected chi connectivity index (χ1v) is 1.64. The van der Waals surface area contributed by atoms with Crippen LogP contribution in [0.1, 0.15) is 62.0 Å². The fourth-order valence-corrected chi connectivity index (χ4v) is 0. The van der Waals surface area contributed by atoms with Gasteiger partial charge in [0, 0.05) is 9.99 Å². The maximum atomic E-state index is 8.36. The maximum Gasteiger partial charge on any atom is 0.373 e. The second kappa shape index (κ2) is 8180. The molecule has 0 bridgehead atoms. The van der Waals surface area contributed by atoms with Gasteiger partial charge in [-0.25, -0.2) is 0 Å². The molecule has 0 saturated carbocycles. The van der Waals surface area contributed by atoms with Crippen LogP contribution < -0.4 is 0 Å². The molecule has 0 aromatic carbocycles. The maximum absolute atomic E-state index is 8.36. The highest BCUT2D eigenvalue weighted by Gasteiger charge is 1.22. The smallest absolute Gasteiger partial charge is 0.373 e. The van der Waals surface area contributed by atoms with Gasteiger partial charge >= 0.3 is 12.3 Å². The molecule has 0 saturated heterocycles. The molecule has 0 radical (unpaired) electrons. The molecule has 0 unspecified atom stereocenters. The van der Waals surface area contributed by atoms with Crippen molar-refractivity contribution in [2.45, 2.75) is 52.0 Å². The molecule has 0 aliphatic rings. The number of carboxylic acid groups (broad SMARTS) is 1. The minimum Gasteiger partial charge on any atom is -0.483 e. The monoisotopic (exact) mass is 322 g/mol. The predicted molar refractivity (Wildman–Crippen MR) is 97.7 cm³/mol. The average Bonchev–Trinajstić information content (AvgIpc) is 1.96. The topological polar surface area (TPSA) is 169 Å². The van der Waals surface area contributed by atoms with Crippen LogP contribution in [-0.2, 0) is 24.0 Å². The number of rotatable bonds is 0. The highest BCUT2D eigenvalue weighted by molar-refractivity contribution is 5.32. The van der Waals surface area contributed by atoms with Gasteiger partial charge in [-0.05, 0) is 0 Å². The molecular weight excluding hydrogens is 272 g/mol. The van der Waals surface area contributed by atoms with Gasteiger partial charge in [0.2, 0.25) is 0 Å². The van der Waals surface area contributed by atoms with Gasteiger partial charge in [-0.3, -0.25) is 4.79 Å². The van der Waals surface area contributed by atoms with Crippen molar-refractivity contribution < 1.29 is 50.0 Å². The molecular formula is C12H50O8. The van der Waals surface area contributed by atoms with Crippen LogP contribution in [0.3, 0.4) is 0 Å². The Morgan fingerprint density at radius 2 is 0.700 bits per heavy atom. The third-order valence-corrected chi connectivity index (χ3v) is 0. The highest BCUT2D eigenvalue weighted by Crippen LogP contribution is 0.966. The molecule has 8 heteroatoms. The standard InChI is InChI=1S/C2H2.CH2O2.2CO2.7CH4.2H2O.7H2/c1-2;3*2-1-3;;;;;;;;;;;;;;;;/h1-2H;1H,(H,2,3);;;7*1H4;2*1H2;7*1H. The Hall–Kier alpha value is -2.29. The Kier molecular flexibility index (Phi) is 91200. The minimum absolute atomic E-state index is 0. The molecule has 0 atom stereocenters. The molecule has 0 aromatic rings. The summed E-state index contributed by atoms with van der Waals surface area (Å²) in [6.45, 7) is -0.250. The second-order valence-corrected chi connectivity index (χ2v) is 0.272. The third kappa shape index (κ3) is 648.